The van der Waals surface area contributed by atoms with Crippen LogP contribution in [0.5, 0.6) is 5.75 Å². The molecular formula is C20H28ClN3O. The number of halogens is 1. The lowest BCUT2D eigenvalue weighted by Crippen LogP contribution is -2.20. The lowest BCUT2D eigenvalue weighted by molar-refractivity contribution is 0.475. The van der Waals surface area contributed by atoms with Crippen molar-refractivity contribution in [2.75, 3.05) is 7.05 Å². The lowest BCUT2D eigenvalue weighted by atomic mass is 9.94. The Hall–Kier alpha value is -2.07. The predicted molar refractivity (Wildman–Crippen MR) is 109 cm³/mol. The Morgan fingerprint density at radius 3 is 2.68 bits per heavy atom. The Balaban J connectivity index is 2.91. The molecular weight excluding hydrogens is 334 g/mol. The molecule has 0 aliphatic rings. The maximum atomic E-state index is 9.47. The molecule has 0 amide bonds. The van der Waals surface area contributed by atoms with Crippen molar-refractivity contribution < 1.29 is 5.11 Å². The van der Waals surface area contributed by atoms with Crippen LogP contribution in [0.4, 0.5) is 0 Å². The maximum absolute atomic E-state index is 9.47. The summed E-state index contributed by atoms with van der Waals surface area (Å²) >= 11 is 6.17. The number of phenols is 1. The van der Waals surface area contributed by atoms with E-state index in [9.17, 15) is 5.11 Å². The Kier molecular flexibility index (Phi) is 9.63. The molecule has 0 saturated carbocycles. The van der Waals surface area contributed by atoms with Gasteiger partial charge in [-0.3, -0.25) is 10.4 Å². The molecule has 136 valence electrons. The summed E-state index contributed by atoms with van der Waals surface area (Å²) in [7, 11) is 1.67. The Bertz CT molecular complexity index is 663. The van der Waals surface area contributed by atoms with Gasteiger partial charge in [0, 0.05) is 24.7 Å². The summed E-state index contributed by atoms with van der Waals surface area (Å²) in [5.41, 5.74) is 4.93. The van der Waals surface area contributed by atoms with Crippen molar-refractivity contribution >= 4 is 23.7 Å². The first kappa shape index (κ1) is 21.0. The van der Waals surface area contributed by atoms with Gasteiger partial charge in [0.05, 0.1) is 5.02 Å². The molecule has 4 nitrogen and oxygen atoms in total. The number of hydrazone groups is 1. The molecule has 0 spiro atoms. The number of hydrogen-bond donors (Lipinski definition) is 2. The van der Waals surface area contributed by atoms with E-state index >= 15 is 0 Å². The fourth-order valence-corrected chi connectivity index (χ4v) is 2.71. The fourth-order valence-electron chi connectivity index (χ4n) is 2.44. The SMILES string of the molecule is C/C=C(\C=C/CC)C(/C=N/NC(=NC)c1ccc(O)cc1Cl)CCC. The summed E-state index contributed by atoms with van der Waals surface area (Å²) in [5, 5.41) is 14.3. The largest absolute Gasteiger partial charge is 0.508 e. The first-order chi connectivity index (χ1) is 12.1. The number of nitrogens with one attached hydrogen (secondary N) is 1. The molecule has 0 aliphatic carbocycles. The smallest absolute Gasteiger partial charge is 0.150 e. The second-order valence-corrected chi connectivity index (χ2v) is 6.03. The van der Waals surface area contributed by atoms with Crippen LogP contribution in [0.15, 0.2) is 52.1 Å². The number of aliphatic imine (C=N–C) groups is 1. The minimum atomic E-state index is 0.121. The van der Waals surface area contributed by atoms with E-state index in [1.807, 2.05) is 6.21 Å². The highest BCUT2D eigenvalue weighted by Gasteiger charge is 2.10. The van der Waals surface area contributed by atoms with E-state index in [0.29, 0.717) is 16.4 Å². The van der Waals surface area contributed by atoms with Gasteiger partial charge < -0.3 is 5.11 Å². The van der Waals surface area contributed by atoms with E-state index in [2.05, 4.69) is 54.5 Å². The topological polar surface area (TPSA) is 57.0 Å². The molecule has 0 fully saturated rings. The number of benzene rings is 1. The van der Waals surface area contributed by atoms with E-state index in [4.69, 9.17) is 11.6 Å². The van der Waals surface area contributed by atoms with Gasteiger partial charge in [-0.1, -0.05) is 50.1 Å². The zero-order valence-corrected chi connectivity index (χ0v) is 16.2. The van der Waals surface area contributed by atoms with Crippen LogP contribution in [-0.2, 0) is 0 Å². The molecule has 25 heavy (non-hydrogen) atoms. The number of rotatable bonds is 8. The molecule has 1 unspecified atom stereocenters. The highest BCUT2D eigenvalue weighted by atomic mass is 35.5. The molecule has 0 saturated heterocycles. The predicted octanol–water partition coefficient (Wildman–Crippen LogP) is 5.33. The fraction of sp³-hybridized carbons (Fsp3) is 0.400. The first-order valence-corrected chi connectivity index (χ1v) is 9.02. The van der Waals surface area contributed by atoms with Gasteiger partial charge in [-0.2, -0.15) is 5.10 Å². The summed E-state index contributed by atoms with van der Waals surface area (Å²) in [6, 6.07) is 4.78. The van der Waals surface area contributed by atoms with Crippen LogP contribution >= 0.6 is 11.6 Å². The minimum Gasteiger partial charge on any atom is -0.508 e. The summed E-state index contributed by atoms with van der Waals surface area (Å²) in [6.07, 6.45) is 11.5. The molecule has 0 heterocycles. The second-order valence-electron chi connectivity index (χ2n) is 5.62. The van der Waals surface area contributed by atoms with Crippen molar-refractivity contribution in [1.29, 1.82) is 0 Å². The van der Waals surface area contributed by atoms with Crippen molar-refractivity contribution in [2.24, 2.45) is 16.0 Å². The average molecular weight is 362 g/mol. The van der Waals surface area contributed by atoms with Gasteiger partial charge in [0.1, 0.15) is 11.6 Å². The molecule has 1 atom stereocenters. The van der Waals surface area contributed by atoms with Crippen LogP contribution < -0.4 is 5.43 Å². The molecule has 5 heteroatoms. The van der Waals surface area contributed by atoms with Crippen molar-refractivity contribution in [3.8, 4) is 5.75 Å². The van der Waals surface area contributed by atoms with Crippen LogP contribution in [0.2, 0.25) is 5.02 Å². The van der Waals surface area contributed by atoms with Gasteiger partial charge in [-0.15, -0.1) is 0 Å². The maximum Gasteiger partial charge on any atom is 0.150 e. The third-order valence-corrected chi connectivity index (χ3v) is 4.08. The summed E-state index contributed by atoms with van der Waals surface area (Å²) < 4.78 is 0. The highest BCUT2D eigenvalue weighted by molar-refractivity contribution is 6.34. The van der Waals surface area contributed by atoms with E-state index < -0.39 is 0 Å². The van der Waals surface area contributed by atoms with Crippen molar-refractivity contribution in [3.63, 3.8) is 0 Å². The molecule has 1 rings (SSSR count). The van der Waals surface area contributed by atoms with Crippen molar-refractivity contribution in [2.45, 2.75) is 40.0 Å². The van der Waals surface area contributed by atoms with Gasteiger partial charge in [0.15, 0.2) is 0 Å². The van der Waals surface area contributed by atoms with Crippen LogP contribution in [0.1, 0.15) is 45.6 Å². The first-order valence-electron chi connectivity index (χ1n) is 8.64. The normalized spacial score (nSPS) is 14.4. The van der Waals surface area contributed by atoms with Crippen LogP contribution in [0.3, 0.4) is 0 Å². The van der Waals surface area contributed by atoms with Crippen molar-refractivity contribution in [1.82, 2.24) is 5.43 Å². The summed E-state index contributed by atoms with van der Waals surface area (Å²) in [4.78, 5) is 4.20. The highest BCUT2D eigenvalue weighted by Crippen LogP contribution is 2.22. The van der Waals surface area contributed by atoms with Crippen LogP contribution in [0, 0.1) is 5.92 Å². The summed E-state index contributed by atoms with van der Waals surface area (Å²) in [5.74, 6) is 0.928. The zero-order chi connectivity index (χ0) is 18.7. The summed E-state index contributed by atoms with van der Waals surface area (Å²) in [6.45, 7) is 6.34. The van der Waals surface area contributed by atoms with Gasteiger partial charge in [-0.05, 0) is 43.5 Å². The molecule has 2 N–H and O–H groups in total. The number of phenolic OH excluding ortho intramolecular Hbond substituents is 1. The molecule has 0 bridgehead atoms. The van der Waals surface area contributed by atoms with Gasteiger partial charge >= 0.3 is 0 Å². The lowest BCUT2D eigenvalue weighted by Gasteiger charge is -2.13. The third-order valence-electron chi connectivity index (χ3n) is 3.76. The Morgan fingerprint density at radius 2 is 2.12 bits per heavy atom. The number of amidine groups is 1. The molecule has 0 aliphatic heterocycles. The Labute approximate surface area is 156 Å². The van der Waals surface area contributed by atoms with Gasteiger partial charge in [0.2, 0.25) is 0 Å². The van der Waals surface area contributed by atoms with Gasteiger partial charge in [0.25, 0.3) is 0 Å². The Morgan fingerprint density at radius 1 is 1.36 bits per heavy atom. The van der Waals surface area contributed by atoms with E-state index in [1.54, 1.807) is 19.2 Å². The minimum absolute atomic E-state index is 0.121. The number of aromatic hydroxyl groups is 1. The van der Waals surface area contributed by atoms with E-state index in [-0.39, 0.29) is 11.7 Å². The van der Waals surface area contributed by atoms with Crippen LogP contribution in [-0.4, -0.2) is 24.2 Å². The van der Waals surface area contributed by atoms with Crippen molar-refractivity contribution in [3.05, 3.63) is 52.6 Å². The average Bonchev–Trinajstić information content (AvgIpc) is 2.60. The number of hydrogen-bond acceptors (Lipinski definition) is 3. The van der Waals surface area contributed by atoms with E-state index in [0.717, 1.165) is 19.3 Å². The number of allylic oxidation sites excluding steroid dienone is 4. The third kappa shape index (κ3) is 6.75. The second kappa shape index (κ2) is 11.5. The van der Waals surface area contributed by atoms with E-state index in [1.165, 1.54) is 11.6 Å². The van der Waals surface area contributed by atoms with Crippen LogP contribution in [0.25, 0.3) is 0 Å². The molecule has 0 radical (unpaired) electrons. The molecule has 0 aromatic heterocycles. The quantitative estimate of drug-likeness (QED) is 0.284. The monoisotopic (exact) mass is 361 g/mol. The number of nitrogens with zero attached hydrogens (tertiary/aromatic N) is 2. The van der Waals surface area contributed by atoms with Gasteiger partial charge in [-0.25, -0.2) is 0 Å². The molecule has 1 aromatic rings. The standard InChI is InChI=1S/C20H28ClN3O/c1-5-8-10-15(7-3)16(9-6-2)14-23-24-20(22-4)18-12-11-17(25)13-19(18)21/h7-8,10-14,16,25H,5-6,9H2,1-4H3,(H,22,24)/b10-8-,15-7+,23-14+. The molecule has 1 aromatic carbocycles. The zero-order valence-electron chi connectivity index (χ0n) is 15.5.